The number of aromatic nitrogens is 2. The van der Waals surface area contributed by atoms with E-state index in [1.165, 1.54) is 12.1 Å². The van der Waals surface area contributed by atoms with Gasteiger partial charge in [0, 0.05) is 17.0 Å². The van der Waals surface area contributed by atoms with E-state index in [0.717, 1.165) is 6.07 Å². The summed E-state index contributed by atoms with van der Waals surface area (Å²) in [5.74, 6) is 1.25. The Morgan fingerprint density at radius 3 is 2.43 bits per heavy atom. The summed E-state index contributed by atoms with van der Waals surface area (Å²) in [5, 5.41) is 3.80. The first-order valence-electron chi connectivity index (χ1n) is 8.85. The molecular weight excluding hydrogens is 371 g/mol. The van der Waals surface area contributed by atoms with Crippen LogP contribution in [0.1, 0.15) is 36.3 Å². The van der Waals surface area contributed by atoms with Gasteiger partial charge < -0.3 is 14.8 Å². The fourth-order valence-corrected chi connectivity index (χ4v) is 3.25. The van der Waals surface area contributed by atoms with Crippen LogP contribution in [0.15, 0.2) is 30.3 Å². The van der Waals surface area contributed by atoms with Gasteiger partial charge in [0.05, 0.1) is 17.1 Å². The highest BCUT2D eigenvalue weighted by Crippen LogP contribution is 2.37. The highest BCUT2D eigenvalue weighted by Gasteiger charge is 2.21. The molecule has 0 radical (unpaired) electrons. The fraction of sp³-hybridized carbons (Fsp3) is 0.300. The number of fused-ring (bicyclic) bond motifs is 2. The predicted octanol–water partition coefficient (Wildman–Crippen LogP) is 4.96. The van der Waals surface area contributed by atoms with Crippen LogP contribution < -0.4 is 14.8 Å². The van der Waals surface area contributed by atoms with Gasteiger partial charge >= 0.3 is 0 Å². The van der Waals surface area contributed by atoms with Crippen molar-refractivity contribution in [3.05, 3.63) is 53.1 Å². The van der Waals surface area contributed by atoms with Crippen LogP contribution in [-0.4, -0.2) is 23.2 Å². The van der Waals surface area contributed by atoms with E-state index in [2.05, 4.69) is 15.3 Å². The highest BCUT2D eigenvalue weighted by molar-refractivity contribution is 5.92. The summed E-state index contributed by atoms with van der Waals surface area (Å²) in [6.07, 6.45) is -2.88. The van der Waals surface area contributed by atoms with Gasteiger partial charge in [0.25, 0.3) is 6.43 Å². The normalized spacial score (nSPS) is 14.4. The smallest absolute Gasteiger partial charge is 0.266 e. The highest BCUT2D eigenvalue weighted by atomic mass is 19.3. The number of rotatable bonds is 4. The minimum absolute atomic E-state index is 0.139. The summed E-state index contributed by atoms with van der Waals surface area (Å²) in [4.78, 5) is 8.83. The molecule has 1 atom stereocenters. The molecule has 0 amide bonds. The first kappa shape index (κ1) is 18.3. The van der Waals surface area contributed by atoms with E-state index in [1.807, 2.05) is 0 Å². The van der Waals surface area contributed by atoms with E-state index < -0.39 is 23.8 Å². The van der Waals surface area contributed by atoms with Crippen molar-refractivity contribution < 1.29 is 22.6 Å². The van der Waals surface area contributed by atoms with Crippen molar-refractivity contribution in [1.82, 2.24) is 9.97 Å². The van der Waals surface area contributed by atoms with Crippen molar-refractivity contribution in [3.8, 4) is 11.5 Å². The third-order valence-electron chi connectivity index (χ3n) is 4.58. The van der Waals surface area contributed by atoms with Crippen molar-refractivity contribution in [2.75, 3.05) is 18.5 Å². The molecule has 2 heterocycles. The Hall–Kier alpha value is -3.03. The van der Waals surface area contributed by atoms with Gasteiger partial charge in [0.1, 0.15) is 30.7 Å². The second kappa shape index (κ2) is 7.18. The number of nitrogens with zero attached hydrogens (tertiary/aromatic N) is 2. The molecule has 0 spiro atoms. The molecular formula is C20H18F3N3O2. The number of alkyl halides is 2. The van der Waals surface area contributed by atoms with Crippen molar-refractivity contribution in [2.45, 2.75) is 26.3 Å². The van der Waals surface area contributed by atoms with E-state index in [1.54, 1.807) is 26.0 Å². The summed E-state index contributed by atoms with van der Waals surface area (Å²) in [6.45, 7) is 4.33. The molecule has 1 aliphatic rings. The molecule has 2 aromatic carbocycles. The maximum absolute atomic E-state index is 14.5. The largest absolute Gasteiger partial charge is 0.486 e. The molecule has 1 aromatic heterocycles. The molecule has 0 bridgehead atoms. The van der Waals surface area contributed by atoms with Crippen molar-refractivity contribution in [2.24, 2.45) is 0 Å². The topological polar surface area (TPSA) is 56.3 Å². The standard InChI is InChI=1S/C20H18F3N3O2/c1-10(12-4-3-5-13(18(12)21)19(22)23)24-20-14-8-16-17(28-7-6-27-16)9-15(14)25-11(2)26-20/h3-5,8-10,19H,6-7H2,1-2H3,(H,24,25,26)/t10-/m1/s1. The van der Waals surface area contributed by atoms with E-state index in [4.69, 9.17) is 9.47 Å². The molecule has 28 heavy (non-hydrogen) atoms. The predicted molar refractivity (Wildman–Crippen MR) is 98.7 cm³/mol. The van der Waals surface area contributed by atoms with Crippen LogP contribution in [0.5, 0.6) is 11.5 Å². The lowest BCUT2D eigenvalue weighted by molar-refractivity contribution is 0.146. The van der Waals surface area contributed by atoms with E-state index in [-0.39, 0.29) is 5.56 Å². The zero-order valence-electron chi connectivity index (χ0n) is 15.3. The second-order valence-corrected chi connectivity index (χ2v) is 6.55. The minimum Gasteiger partial charge on any atom is -0.486 e. The molecule has 3 aromatic rings. The molecule has 0 unspecified atom stereocenters. The number of hydrogen-bond donors (Lipinski definition) is 1. The quantitative estimate of drug-likeness (QED) is 0.684. The number of hydrogen-bond acceptors (Lipinski definition) is 5. The van der Waals surface area contributed by atoms with Crippen molar-refractivity contribution in [1.29, 1.82) is 0 Å². The molecule has 0 saturated carbocycles. The van der Waals surface area contributed by atoms with Gasteiger partial charge in [-0.05, 0) is 19.9 Å². The van der Waals surface area contributed by atoms with Crippen LogP contribution in [0.4, 0.5) is 19.0 Å². The number of anilines is 1. The lowest BCUT2D eigenvalue weighted by Gasteiger charge is -2.21. The molecule has 0 aliphatic carbocycles. The van der Waals surface area contributed by atoms with E-state index in [0.29, 0.717) is 47.3 Å². The maximum Gasteiger partial charge on any atom is 0.266 e. The van der Waals surface area contributed by atoms with Gasteiger partial charge in [-0.2, -0.15) is 0 Å². The summed E-state index contributed by atoms with van der Waals surface area (Å²) in [5.41, 5.74) is 0.169. The van der Waals surface area contributed by atoms with Crippen LogP contribution in [0.25, 0.3) is 10.9 Å². The SMILES string of the molecule is Cc1nc(N[C@H](C)c2cccc(C(F)F)c2F)c2cc3c(cc2n1)OCCO3. The lowest BCUT2D eigenvalue weighted by Crippen LogP contribution is -2.16. The Morgan fingerprint density at radius 1 is 1.04 bits per heavy atom. The van der Waals surface area contributed by atoms with Crippen LogP contribution >= 0.6 is 0 Å². The van der Waals surface area contributed by atoms with Gasteiger partial charge in [-0.25, -0.2) is 23.1 Å². The number of halogens is 3. The van der Waals surface area contributed by atoms with Crippen LogP contribution in [0.3, 0.4) is 0 Å². The Morgan fingerprint density at radius 2 is 1.71 bits per heavy atom. The summed E-state index contributed by atoms with van der Waals surface area (Å²) >= 11 is 0. The Bertz CT molecular complexity index is 1040. The third-order valence-corrected chi connectivity index (χ3v) is 4.58. The summed E-state index contributed by atoms with van der Waals surface area (Å²) < 4.78 is 51.7. The Labute approximate surface area is 159 Å². The number of nitrogens with one attached hydrogen (secondary N) is 1. The lowest BCUT2D eigenvalue weighted by atomic mass is 10.0. The van der Waals surface area contributed by atoms with E-state index >= 15 is 0 Å². The molecule has 8 heteroatoms. The average molecular weight is 389 g/mol. The first-order chi connectivity index (χ1) is 13.4. The maximum atomic E-state index is 14.5. The average Bonchev–Trinajstić information content (AvgIpc) is 2.66. The van der Waals surface area contributed by atoms with Crippen molar-refractivity contribution in [3.63, 3.8) is 0 Å². The number of aryl methyl sites for hydroxylation is 1. The number of ether oxygens (including phenoxy) is 2. The van der Waals surface area contributed by atoms with Gasteiger partial charge in [0.2, 0.25) is 0 Å². The molecule has 5 nitrogen and oxygen atoms in total. The summed E-state index contributed by atoms with van der Waals surface area (Å²) in [6, 6.07) is 6.93. The molecule has 0 fully saturated rings. The van der Waals surface area contributed by atoms with Crippen LogP contribution in [0.2, 0.25) is 0 Å². The number of benzene rings is 2. The molecule has 1 aliphatic heterocycles. The minimum atomic E-state index is -2.88. The van der Waals surface area contributed by atoms with Crippen LogP contribution in [-0.2, 0) is 0 Å². The summed E-state index contributed by atoms with van der Waals surface area (Å²) in [7, 11) is 0. The Kier molecular flexibility index (Phi) is 4.70. The van der Waals surface area contributed by atoms with Gasteiger partial charge in [-0.3, -0.25) is 0 Å². The van der Waals surface area contributed by atoms with Gasteiger partial charge in [-0.15, -0.1) is 0 Å². The molecule has 0 saturated heterocycles. The van der Waals surface area contributed by atoms with Crippen LogP contribution in [0, 0.1) is 12.7 Å². The second-order valence-electron chi connectivity index (χ2n) is 6.55. The third kappa shape index (κ3) is 3.30. The van der Waals surface area contributed by atoms with Gasteiger partial charge in [0.15, 0.2) is 11.5 Å². The molecule has 4 rings (SSSR count). The fourth-order valence-electron chi connectivity index (χ4n) is 3.25. The molecule has 1 N–H and O–H groups in total. The van der Waals surface area contributed by atoms with Gasteiger partial charge in [-0.1, -0.05) is 18.2 Å². The zero-order valence-corrected chi connectivity index (χ0v) is 15.3. The first-order valence-corrected chi connectivity index (χ1v) is 8.85. The Balaban J connectivity index is 1.74. The molecule has 146 valence electrons. The zero-order chi connectivity index (χ0) is 19.8. The van der Waals surface area contributed by atoms with Crippen molar-refractivity contribution >= 4 is 16.7 Å². The van der Waals surface area contributed by atoms with E-state index in [9.17, 15) is 13.2 Å². The monoisotopic (exact) mass is 389 g/mol.